The smallest absolute Gasteiger partial charge is 0.323 e. The zero-order chi connectivity index (χ0) is 14.5. The van der Waals surface area contributed by atoms with E-state index in [9.17, 15) is 9.59 Å². The summed E-state index contributed by atoms with van der Waals surface area (Å²) in [5, 5.41) is 8.95. The van der Waals surface area contributed by atoms with Gasteiger partial charge in [-0.25, -0.2) is 0 Å². The van der Waals surface area contributed by atoms with Crippen molar-refractivity contribution >= 4 is 11.9 Å². The van der Waals surface area contributed by atoms with E-state index in [2.05, 4.69) is 0 Å². The Hall–Kier alpha value is -1.14. The maximum Gasteiger partial charge on any atom is 0.323 e. The lowest BCUT2D eigenvalue weighted by Crippen LogP contribution is -2.52. The molecule has 6 heteroatoms. The van der Waals surface area contributed by atoms with E-state index in [1.54, 1.807) is 0 Å². The van der Waals surface area contributed by atoms with E-state index in [4.69, 9.17) is 15.6 Å². The molecule has 0 unspecified atom stereocenters. The van der Waals surface area contributed by atoms with E-state index < -0.39 is 11.4 Å². The summed E-state index contributed by atoms with van der Waals surface area (Å²) in [4.78, 5) is 25.0. The Morgan fingerprint density at radius 3 is 2.37 bits per heavy atom. The first-order chi connectivity index (χ1) is 8.91. The number of ether oxygens (including phenoxy) is 1. The number of amides is 1. The molecule has 0 atom stereocenters. The number of carbonyl (C=O) groups is 2. The number of hydrogen-bond donors (Lipinski definition) is 2. The summed E-state index contributed by atoms with van der Waals surface area (Å²) in [7, 11) is 0. The molecule has 0 aromatic heterocycles. The average Bonchev–Trinajstić information content (AvgIpc) is 2.36. The van der Waals surface area contributed by atoms with Gasteiger partial charge in [-0.15, -0.1) is 0 Å². The Labute approximate surface area is 113 Å². The van der Waals surface area contributed by atoms with Gasteiger partial charge in [0, 0.05) is 26.3 Å². The molecule has 1 rings (SSSR count). The van der Waals surface area contributed by atoms with Crippen LogP contribution in [0.5, 0.6) is 0 Å². The highest BCUT2D eigenvalue weighted by atomic mass is 16.5. The van der Waals surface area contributed by atoms with Gasteiger partial charge in [-0.05, 0) is 18.8 Å². The fraction of sp³-hybridized carbons (Fsp3) is 0.846. The second-order valence-corrected chi connectivity index (χ2v) is 5.57. The van der Waals surface area contributed by atoms with Crippen molar-refractivity contribution in [2.24, 2.45) is 17.1 Å². The second-order valence-electron chi connectivity index (χ2n) is 5.57. The number of rotatable bonds is 6. The van der Waals surface area contributed by atoms with Crippen LogP contribution in [-0.4, -0.2) is 54.7 Å². The lowest BCUT2D eigenvalue weighted by molar-refractivity contribution is -0.153. The van der Waals surface area contributed by atoms with Crippen LogP contribution in [0.3, 0.4) is 0 Å². The standard InChI is InChI=1S/C13H24N2O4/c1-10(2)7-15(8-11(16)17)12(18)13(9-14)3-5-19-6-4-13/h10H,3-9,14H2,1-2H3,(H,16,17). The van der Waals surface area contributed by atoms with Crippen molar-refractivity contribution < 1.29 is 19.4 Å². The van der Waals surface area contributed by atoms with Crippen LogP contribution in [-0.2, 0) is 14.3 Å². The molecular formula is C13H24N2O4. The molecular weight excluding hydrogens is 248 g/mol. The van der Waals surface area contributed by atoms with Crippen LogP contribution >= 0.6 is 0 Å². The number of nitrogens with two attached hydrogens (primary N) is 1. The van der Waals surface area contributed by atoms with Gasteiger partial charge in [0.15, 0.2) is 0 Å². The van der Waals surface area contributed by atoms with Crippen molar-refractivity contribution in [2.75, 3.05) is 32.8 Å². The van der Waals surface area contributed by atoms with Gasteiger partial charge >= 0.3 is 5.97 Å². The molecule has 1 fully saturated rings. The molecule has 0 aromatic carbocycles. The summed E-state index contributed by atoms with van der Waals surface area (Å²) in [5.74, 6) is -0.916. The third kappa shape index (κ3) is 4.18. The number of carbonyl (C=O) groups excluding carboxylic acids is 1. The van der Waals surface area contributed by atoms with Crippen LogP contribution in [0.4, 0.5) is 0 Å². The van der Waals surface area contributed by atoms with Crippen molar-refractivity contribution in [3.05, 3.63) is 0 Å². The Balaban J connectivity index is 2.85. The van der Waals surface area contributed by atoms with Crippen LogP contribution in [0, 0.1) is 11.3 Å². The maximum atomic E-state index is 12.6. The van der Waals surface area contributed by atoms with Crippen molar-refractivity contribution in [1.82, 2.24) is 4.90 Å². The summed E-state index contributed by atoms with van der Waals surface area (Å²) >= 11 is 0. The number of carboxylic acids is 1. The topological polar surface area (TPSA) is 92.9 Å². The quantitative estimate of drug-likeness (QED) is 0.726. The van der Waals surface area contributed by atoms with E-state index in [0.717, 1.165) is 0 Å². The first-order valence-corrected chi connectivity index (χ1v) is 6.70. The van der Waals surface area contributed by atoms with Gasteiger partial charge in [0.2, 0.25) is 5.91 Å². The molecule has 1 amide bonds. The molecule has 19 heavy (non-hydrogen) atoms. The first-order valence-electron chi connectivity index (χ1n) is 6.70. The fourth-order valence-electron chi connectivity index (χ4n) is 2.43. The molecule has 1 aliphatic heterocycles. The predicted octanol–water partition coefficient (Wildman–Crippen LogP) is 0.311. The number of hydrogen-bond acceptors (Lipinski definition) is 4. The summed E-state index contributed by atoms with van der Waals surface area (Å²) in [6, 6.07) is 0. The van der Waals surface area contributed by atoms with Gasteiger partial charge in [0.1, 0.15) is 6.54 Å². The number of aliphatic carboxylic acids is 1. The highest BCUT2D eigenvalue weighted by Gasteiger charge is 2.41. The monoisotopic (exact) mass is 272 g/mol. The lowest BCUT2D eigenvalue weighted by atomic mass is 9.78. The van der Waals surface area contributed by atoms with E-state index in [1.165, 1.54) is 4.90 Å². The minimum Gasteiger partial charge on any atom is -0.480 e. The van der Waals surface area contributed by atoms with Crippen LogP contribution < -0.4 is 5.73 Å². The van der Waals surface area contributed by atoms with Crippen molar-refractivity contribution in [3.8, 4) is 0 Å². The molecule has 110 valence electrons. The van der Waals surface area contributed by atoms with E-state index in [1.807, 2.05) is 13.8 Å². The number of nitrogens with zero attached hydrogens (tertiary/aromatic N) is 1. The normalized spacial score (nSPS) is 18.3. The van der Waals surface area contributed by atoms with Gasteiger partial charge < -0.3 is 20.5 Å². The Morgan fingerprint density at radius 1 is 1.37 bits per heavy atom. The highest BCUT2D eigenvalue weighted by molar-refractivity contribution is 5.86. The van der Waals surface area contributed by atoms with Gasteiger partial charge in [-0.1, -0.05) is 13.8 Å². The van der Waals surface area contributed by atoms with Crippen molar-refractivity contribution in [1.29, 1.82) is 0 Å². The zero-order valence-corrected chi connectivity index (χ0v) is 11.7. The molecule has 0 saturated carbocycles. The number of carboxylic acid groups (broad SMARTS) is 1. The Kier molecular flexibility index (Phi) is 5.75. The molecule has 1 saturated heterocycles. The predicted molar refractivity (Wildman–Crippen MR) is 70.6 cm³/mol. The molecule has 0 bridgehead atoms. The summed E-state index contributed by atoms with van der Waals surface area (Å²) < 4.78 is 5.28. The third-order valence-electron chi connectivity index (χ3n) is 3.49. The fourth-order valence-corrected chi connectivity index (χ4v) is 2.43. The van der Waals surface area contributed by atoms with E-state index >= 15 is 0 Å². The molecule has 0 radical (unpaired) electrons. The van der Waals surface area contributed by atoms with E-state index in [-0.39, 0.29) is 24.9 Å². The molecule has 0 aliphatic carbocycles. The molecule has 3 N–H and O–H groups in total. The van der Waals surface area contributed by atoms with Gasteiger partial charge in [-0.2, -0.15) is 0 Å². The van der Waals surface area contributed by atoms with Crippen LogP contribution in [0.2, 0.25) is 0 Å². The Morgan fingerprint density at radius 2 is 1.95 bits per heavy atom. The Bertz CT molecular complexity index is 325. The van der Waals surface area contributed by atoms with Crippen molar-refractivity contribution in [2.45, 2.75) is 26.7 Å². The molecule has 1 aliphatic rings. The van der Waals surface area contributed by atoms with Gasteiger partial charge in [-0.3, -0.25) is 9.59 Å². The van der Waals surface area contributed by atoms with E-state index in [0.29, 0.717) is 32.6 Å². The maximum absolute atomic E-state index is 12.6. The lowest BCUT2D eigenvalue weighted by Gasteiger charge is -2.39. The molecule has 1 heterocycles. The zero-order valence-electron chi connectivity index (χ0n) is 11.7. The molecule has 0 spiro atoms. The van der Waals surface area contributed by atoms with Crippen molar-refractivity contribution in [3.63, 3.8) is 0 Å². The van der Waals surface area contributed by atoms with Crippen LogP contribution in [0.15, 0.2) is 0 Å². The summed E-state index contributed by atoms with van der Waals surface area (Å²) in [5.41, 5.74) is 5.14. The first kappa shape index (κ1) is 15.9. The highest BCUT2D eigenvalue weighted by Crippen LogP contribution is 2.31. The third-order valence-corrected chi connectivity index (χ3v) is 3.49. The van der Waals surface area contributed by atoms with Gasteiger partial charge in [0.25, 0.3) is 0 Å². The molecule has 6 nitrogen and oxygen atoms in total. The minimum absolute atomic E-state index is 0.144. The van der Waals surface area contributed by atoms with Gasteiger partial charge in [0.05, 0.1) is 5.41 Å². The largest absolute Gasteiger partial charge is 0.480 e. The summed E-state index contributed by atoms with van der Waals surface area (Å²) in [6.07, 6.45) is 1.13. The van der Waals surface area contributed by atoms with Crippen LogP contribution in [0.25, 0.3) is 0 Å². The average molecular weight is 272 g/mol. The second kappa shape index (κ2) is 6.86. The minimum atomic E-state index is -0.992. The van der Waals surface area contributed by atoms with Crippen LogP contribution in [0.1, 0.15) is 26.7 Å². The summed E-state index contributed by atoms with van der Waals surface area (Å²) in [6.45, 7) is 5.34. The SMILES string of the molecule is CC(C)CN(CC(=O)O)C(=O)C1(CN)CCOCC1. The molecule has 0 aromatic rings.